The molecule has 4 N–H and O–H groups in total. The van der Waals surface area contributed by atoms with Gasteiger partial charge in [0.15, 0.2) is 0 Å². The van der Waals surface area contributed by atoms with Crippen molar-refractivity contribution in [2.24, 2.45) is 17.6 Å². The van der Waals surface area contributed by atoms with E-state index in [1.165, 1.54) is 0 Å². The van der Waals surface area contributed by atoms with Crippen molar-refractivity contribution >= 4 is 11.9 Å². The minimum Gasteiger partial charge on any atom is -0.351 e. The third-order valence-electron chi connectivity index (χ3n) is 2.52. The van der Waals surface area contributed by atoms with E-state index >= 15 is 0 Å². The third-order valence-corrected chi connectivity index (χ3v) is 2.52. The summed E-state index contributed by atoms with van der Waals surface area (Å²) in [4.78, 5) is 21.7. The average molecular weight is 215 g/mol. The van der Waals surface area contributed by atoms with Crippen molar-refractivity contribution in [1.82, 2.24) is 10.6 Å². The van der Waals surface area contributed by atoms with Gasteiger partial charge in [-0.05, 0) is 25.3 Å². The van der Waals surface area contributed by atoms with Crippen LogP contribution in [0.1, 0.15) is 27.7 Å². The van der Waals surface area contributed by atoms with Crippen molar-refractivity contribution in [3.63, 3.8) is 0 Å². The number of primary amides is 1. The molecule has 5 nitrogen and oxygen atoms in total. The molecule has 0 heterocycles. The second-order valence-corrected chi connectivity index (χ2v) is 4.20. The zero-order chi connectivity index (χ0) is 12.0. The highest BCUT2D eigenvalue weighted by molar-refractivity contribution is 5.96. The first-order chi connectivity index (χ1) is 6.84. The Morgan fingerprint density at radius 3 is 2.13 bits per heavy atom. The molecule has 0 saturated heterocycles. The van der Waals surface area contributed by atoms with Gasteiger partial charge in [0, 0.05) is 0 Å². The van der Waals surface area contributed by atoms with E-state index in [9.17, 15) is 9.59 Å². The lowest BCUT2D eigenvalue weighted by molar-refractivity contribution is -0.121. The fourth-order valence-corrected chi connectivity index (χ4v) is 0.921. The smallest absolute Gasteiger partial charge is 0.318 e. The average Bonchev–Trinajstić information content (AvgIpc) is 2.12. The molecule has 0 aromatic heterocycles. The van der Waals surface area contributed by atoms with E-state index in [0.717, 1.165) is 6.54 Å². The maximum Gasteiger partial charge on any atom is 0.318 e. The second kappa shape index (κ2) is 6.40. The molecule has 88 valence electrons. The van der Waals surface area contributed by atoms with Gasteiger partial charge in [0.2, 0.25) is 5.91 Å². The van der Waals surface area contributed by atoms with Gasteiger partial charge in [-0.2, -0.15) is 0 Å². The summed E-state index contributed by atoms with van der Waals surface area (Å²) >= 11 is 0. The third kappa shape index (κ3) is 6.06. The summed E-state index contributed by atoms with van der Waals surface area (Å²) in [5, 5.41) is 5.08. The molecule has 0 aromatic carbocycles. The second-order valence-electron chi connectivity index (χ2n) is 4.20. The molecule has 15 heavy (non-hydrogen) atoms. The first-order valence-corrected chi connectivity index (χ1v) is 5.18. The topological polar surface area (TPSA) is 84.2 Å². The fourth-order valence-electron chi connectivity index (χ4n) is 0.921. The van der Waals surface area contributed by atoms with Gasteiger partial charge in [0.1, 0.15) is 0 Å². The lowest BCUT2D eigenvalue weighted by Gasteiger charge is -2.19. The van der Waals surface area contributed by atoms with Crippen LogP contribution in [0.15, 0.2) is 0 Å². The Bertz CT molecular complexity index is 229. The summed E-state index contributed by atoms with van der Waals surface area (Å²) in [5.41, 5.74) is 4.84. The van der Waals surface area contributed by atoms with Gasteiger partial charge in [0.05, 0.1) is 6.04 Å². The number of carbonyl (C=O) groups excluding carboxylic acids is 2. The van der Waals surface area contributed by atoms with Gasteiger partial charge in [0.25, 0.3) is 0 Å². The van der Waals surface area contributed by atoms with Crippen molar-refractivity contribution in [2.75, 3.05) is 6.54 Å². The van der Waals surface area contributed by atoms with Crippen LogP contribution in [0.2, 0.25) is 0 Å². The molecule has 0 fully saturated rings. The number of hydrogen-bond acceptors (Lipinski definition) is 3. The van der Waals surface area contributed by atoms with Crippen LogP contribution in [0.4, 0.5) is 4.79 Å². The highest BCUT2D eigenvalue weighted by atomic mass is 16.2. The molecule has 2 atom stereocenters. The zero-order valence-corrected chi connectivity index (χ0v) is 9.83. The minimum atomic E-state index is -0.814. The molecule has 0 aliphatic carbocycles. The highest BCUT2D eigenvalue weighted by Gasteiger charge is 2.15. The zero-order valence-electron chi connectivity index (χ0n) is 9.83. The quantitative estimate of drug-likeness (QED) is 0.622. The number of amides is 3. The van der Waals surface area contributed by atoms with Crippen molar-refractivity contribution in [2.45, 2.75) is 33.7 Å². The van der Waals surface area contributed by atoms with E-state index in [1.807, 2.05) is 5.32 Å². The Hall–Kier alpha value is -1.10. The maximum absolute atomic E-state index is 11.3. The van der Waals surface area contributed by atoms with Gasteiger partial charge < -0.3 is 11.1 Å². The molecule has 0 rings (SSSR count). The minimum absolute atomic E-state index is 0.390. The number of carbonyl (C=O) groups is 2. The predicted octanol–water partition coefficient (Wildman–Crippen LogP) is 0.452. The molecule has 2 unspecified atom stereocenters. The van der Waals surface area contributed by atoms with E-state index in [2.05, 4.69) is 26.1 Å². The largest absolute Gasteiger partial charge is 0.351 e. The van der Waals surface area contributed by atoms with Crippen LogP contribution in [0.25, 0.3) is 0 Å². The Balaban J connectivity index is 3.87. The van der Waals surface area contributed by atoms with Crippen molar-refractivity contribution in [3.8, 4) is 0 Å². The summed E-state index contributed by atoms with van der Waals surface area (Å²) in [6.45, 7) is 8.80. The molecule has 0 bridgehead atoms. The molecular weight excluding hydrogens is 194 g/mol. The Morgan fingerprint density at radius 1 is 1.20 bits per heavy atom. The lowest BCUT2D eigenvalue weighted by Crippen LogP contribution is -2.47. The van der Waals surface area contributed by atoms with Gasteiger partial charge in [-0.1, -0.05) is 20.8 Å². The predicted molar refractivity (Wildman–Crippen MR) is 59.2 cm³/mol. The molecule has 0 aromatic rings. The summed E-state index contributed by atoms with van der Waals surface area (Å²) in [7, 11) is 0. The standard InChI is InChI=1S/C10H21N3O2/c1-6(2)7(3)5-12-8(4)9(14)13-10(11)15/h6-8,12H,5H2,1-4H3,(H3,11,13,14,15). The maximum atomic E-state index is 11.3. The normalized spacial score (nSPS) is 14.7. The van der Waals surface area contributed by atoms with Crippen LogP contribution in [-0.2, 0) is 4.79 Å². The number of nitrogens with one attached hydrogen (secondary N) is 2. The molecule has 0 aliphatic heterocycles. The Labute approximate surface area is 90.8 Å². The number of hydrogen-bond donors (Lipinski definition) is 3. The summed E-state index contributed by atoms with van der Waals surface area (Å²) in [6, 6.07) is -1.22. The summed E-state index contributed by atoms with van der Waals surface area (Å²) in [6.07, 6.45) is 0. The molecule has 3 amide bonds. The Morgan fingerprint density at radius 2 is 1.73 bits per heavy atom. The van der Waals surface area contributed by atoms with Crippen molar-refractivity contribution in [1.29, 1.82) is 0 Å². The van der Waals surface area contributed by atoms with E-state index in [-0.39, 0.29) is 0 Å². The first kappa shape index (κ1) is 13.9. The number of nitrogens with two attached hydrogens (primary N) is 1. The molecule has 0 radical (unpaired) electrons. The molecule has 0 aliphatic rings. The summed E-state index contributed by atoms with van der Waals surface area (Å²) < 4.78 is 0. The van der Waals surface area contributed by atoms with Gasteiger partial charge >= 0.3 is 6.03 Å². The SMILES string of the molecule is CC(NCC(C)C(C)C)C(=O)NC(N)=O. The van der Waals surface area contributed by atoms with Crippen LogP contribution in [0.3, 0.4) is 0 Å². The van der Waals surface area contributed by atoms with Gasteiger partial charge in [-0.25, -0.2) is 4.79 Å². The number of urea groups is 1. The van der Waals surface area contributed by atoms with Gasteiger partial charge in [-0.3, -0.25) is 10.1 Å². The number of rotatable bonds is 5. The van der Waals surface area contributed by atoms with E-state index in [0.29, 0.717) is 11.8 Å². The fraction of sp³-hybridized carbons (Fsp3) is 0.800. The van der Waals surface area contributed by atoms with Crippen LogP contribution in [0.5, 0.6) is 0 Å². The first-order valence-electron chi connectivity index (χ1n) is 5.18. The van der Waals surface area contributed by atoms with Crippen LogP contribution in [0, 0.1) is 11.8 Å². The molecule has 5 heteroatoms. The van der Waals surface area contributed by atoms with Crippen LogP contribution < -0.4 is 16.4 Å². The lowest BCUT2D eigenvalue weighted by atomic mass is 9.98. The number of imide groups is 1. The Kier molecular flexibility index (Phi) is 5.93. The monoisotopic (exact) mass is 215 g/mol. The molecule has 0 saturated carbocycles. The van der Waals surface area contributed by atoms with Crippen molar-refractivity contribution < 1.29 is 9.59 Å². The molecule has 0 spiro atoms. The van der Waals surface area contributed by atoms with E-state index in [1.54, 1.807) is 6.92 Å². The van der Waals surface area contributed by atoms with Crippen molar-refractivity contribution in [3.05, 3.63) is 0 Å². The summed E-state index contributed by atoms with van der Waals surface area (Å²) in [5.74, 6) is 0.649. The van der Waals surface area contributed by atoms with Gasteiger partial charge in [-0.15, -0.1) is 0 Å². The van der Waals surface area contributed by atoms with E-state index in [4.69, 9.17) is 5.73 Å². The highest BCUT2D eigenvalue weighted by Crippen LogP contribution is 2.07. The molecular formula is C10H21N3O2. The van der Waals surface area contributed by atoms with Crippen LogP contribution in [-0.4, -0.2) is 24.5 Å². The van der Waals surface area contributed by atoms with Crippen LogP contribution >= 0.6 is 0 Å². The van der Waals surface area contributed by atoms with E-state index < -0.39 is 18.0 Å².